The van der Waals surface area contributed by atoms with Gasteiger partial charge in [-0.2, -0.15) is 0 Å². The summed E-state index contributed by atoms with van der Waals surface area (Å²) in [7, 11) is -3.40. The van der Waals surface area contributed by atoms with Crippen LogP contribution in [0.2, 0.25) is 0 Å². The van der Waals surface area contributed by atoms with Crippen molar-refractivity contribution >= 4 is 44.0 Å². The number of anilines is 3. The van der Waals surface area contributed by atoms with E-state index < -0.39 is 9.84 Å². The fourth-order valence-corrected chi connectivity index (χ4v) is 4.26. The lowest BCUT2D eigenvalue weighted by atomic mass is 10.1. The Morgan fingerprint density at radius 3 is 2.68 bits per heavy atom. The summed E-state index contributed by atoms with van der Waals surface area (Å²) in [5.74, 6) is 0.412. The van der Waals surface area contributed by atoms with Crippen LogP contribution in [0.15, 0.2) is 46.5 Å². The van der Waals surface area contributed by atoms with Gasteiger partial charge >= 0.3 is 0 Å². The molecule has 0 saturated carbocycles. The van der Waals surface area contributed by atoms with E-state index in [1.54, 1.807) is 43.6 Å². The van der Waals surface area contributed by atoms with Crippen LogP contribution in [-0.2, 0) is 9.84 Å². The SMILES string of the molecule is CC1=Cc2cc3nccc(Nc4cc(N)ncc4C)c3cc2S1(=O)=O. The van der Waals surface area contributed by atoms with Gasteiger partial charge < -0.3 is 11.1 Å². The molecular formula is C18H16N4O2S. The van der Waals surface area contributed by atoms with Crippen molar-refractivity contribution in [1.29, 1.82) is 0 Å². The zero-order chi connectivity index (χ0) is 17.8. The lowest BCUT2D eigenvalue weighted by Crippen LogP contribution is -2.00. The third-order valence-electron chi connectivity index (χ3n) is 4.34. The van der Waals surface area contributed by atoms with E-state index >= 15 is 0 Å². The summed E-state index contributed by atoms with van der Waals surface area (Å²) >= 11 is 0. The van der Waals surface area contributed by atoms with E-state index in [4.69, 9.17) is 5.73 Å². The Bertz CT molecular complexity index is 1170. The van der Waals surface area contributed by atoms with Crippen LogP contribution in [0.3, 0.4) is 0 Å². The molecule has 3 aromatic rings. The Kier molecular flexibility index (Phi) is 3.30. The Balaban J connectivity index is 1.90. The lowest BCUT2D eigenvalue weighted by Gasteiger charge is -2.13. The topological polar surface area (TPSA) is 98.0 Å². The quantitative estimate of drug-likeness (QED) is 0.733. The molecule has 6 nitrogen and oxygen atoms in total. The zero-order valence-electron chi connectivity index (χ0n) is 13.7. The van der Waals surface area contributed by atoms with Crippen LogP contribution >= 0.6 is 0 Å². The fourth-order valence-electron chi connectivity index (χ4n) is 2.93. The van der Waals surface area contributed by atoms with Crippen molar-refractivity contribution in [2.24, 2.45) is 0 Å². The number of nitrogens with zero attached hydrogens (tertiary/aromatic N) is 2. The highest BCUT2D eigenvalue weighted by Crippen LogP contribution is 2.37. The number of fused-ring (bicyclic) bond motifs is 2. The predicted octanol–water partition coefficient (Wildman–Crippen LogP) is 3.41. The molecule has 1 aliphatic rings. The van der Waals surface area contributed by atoms with E-state index in [-0.39, 0.29) is 0 Å². The maximum atomic E-state index is 12.5. The minimum absolute atomic E-state index is 0.319. The van der Waals surface area contributed by atoms with Crippen molar-refractivity contribution in [1.82, 2.24) is 9.97 Å². The molecule has 0 saturated heterocycles. The molecule has 126 valence electrons. The number of allylic oxidation sites excluding steroid dienone is 1. The standard InChI is InChI=1S/C18H16N4O2S/c1-10-9-21-18(19)8-15(10)22-14-3-4-20-16-6-12-5-11(2)25(23,24)17(12)7-13(14)16/h3-9H,1-2H3,(H3,19,20,21,22). The minimum atomic E-state index is -3.40. The third-order valence-corrected chi connectivity index (χ3v) is 6.24. The number of aryl methyl sites for hydroxylation is 1. The van der Waals surface area contributed by atoms with E-state index in [0.29, 0.717) is 21.2 Å². The Hall–Kier alpha value is -2.93. The number of hydrogen-bond donors (Lipinski definition) is 2. The molecule has 2 aromatic heterocycles. The highest BCUT2D eigenvalue weighted by atomic mass is 32.2. The summed E-state index contributed by atoms with van der Waals surface area (Å²) in [6, 6.07) is 7.05. The molecule has 0 radical (unpaired) electrons. The third kappa shape index (κ3) is 2.44. The Labute approximate surface area is 145 Å². The number of nitrogens with one attached hydrogen (secondary N) is 1. The average molecular weight is 352 g/mol. The number of nitrogens with two attached hydrogens (primary N) is 1. The first kappa shape index (κ1) is 15.6. The molecule has 0 aliphatic carbocycles. The smallest absolute Gasteiger partial charge is 0.203 e. The van der Waals surface area contributed by atoms with Crippen LogP contribution in [0.4, 0.5) is 17.2 Å². The first-order valence-electron chi connectivity index (χ1n) is 7.71. The molecule has 1 aromatic carbocycles. The molecule has 7 heteroatoms. The molecule has 0 fully saturated rings. The van der Waals surface area contributed by atoms with Crippen molar-refractivity contribution in [3.8, 4) is 0 Å². The number of rotatable bonds is 2. The largest absolute Gasteiger partial charge is 0.384 e. The number of sulfone groups is 1. The number of benzene rings is 1. The second-order valence-corrected chi connectivity index (χ2v) is 8.16. The lowest BCUT2D eigenvalue weighted by molar-refractivity contribution is 0.603. The Morgan fingerprint density at radius 2 is 1.88 bits per heavy atom. The first-order chi connectivity index (χ1) is 11.9. The van der Waals surface area contributed by atoms with Gasteiger partial charge in [0.2, 0.25) is 9.84 Å². The highest BCUT2D eigenvalue weighted by Gasteiger charge is 2.27. The maximum absolute atomic E-state index is 12.5. The van der Waals surface area contributed by atoms with E-state index in [0.717, 1.165) is 27.8 Å². The molecule has 0 unspecified atom stereocenters. The van der Waals surface area contributed by atoms with Crippen molar-refractivity contribution in [3.63, 3.8) is 0 Å². The van der Waals surface area contributed by atoms with Crippen LogP contribution in [-0.4, -0.2) is 18.4 Å². The van der Waals surface area contributed by atoms with Crippen molar-refractivity contribution in [2.45, 2.75) is 18.7 Å². The van der Waals surface area contributed by atoms with Crippen molar-refractivity contribution in [2.75, 3.05) is 11.1 Å². The second-order valence-electron chi connectivity index (χ2n) is 6.07. The van der Waals surface area contributed by atoms with E-state index in [1.165, 1.54) is 0 Å². The predicted molar refractivity (Wildman–Crippen MR) is 99.2 cm³/mol. The Morgan fingerprint density at radius 1 is 1.08 bits per heavy atom. The van der Waals surface area contributed by atoms with Crippen LogP contribution in [0.1, 0.15) is 18.1 Å². The minimum Gasteiger partial charge on any atom is -0.384 e. The number of aromatic nitrogens is 2. The van der Waals surface area contributed by atoms with Gasteiger partial charge in [-0.3, -0.25) is 4.98 Å². The number of nitrogen functional groups attached to an aromatic ring is 1. The summed E-state index contributed by atoms with van der Waals surface area (Å²) in [6.45, 7) is 3.53. The normalized spacial score (nSPS) is 15.0. The van der Waals surface area contributed by atoms with Gasteiger partial charge in [0.1, 0.15) is 5.82 Å². The van der Waals surface area contributed by atoms with Gasteiger partial charge in [-0.25, -0.2) is 13.4 Å². The van der Waals surface area contributed by atoms with E-state index in [9.17, 15) is 8.42 Å². The molecule has 0 atom stereocenters. The molecule has 25 heavy (non-hydrogen) atoms. The van der Waals surface area contributed by atoms with Crippen molar-refractivity contribution in [3.05, 3.63) is 52.7 Å². The zero-order valence-corrected chi connectivity index (χ0v) is 14.6. The molecule has 4 rings (SSSR count). The van der Waals surface area contributed by atoms with Crippen LogP contribution in [0.25, 0.3) is 17.0 Å². The molecule has 3 heterocycles. The summed E-state index contributed by atoms with van der Waals surface area (Å²) < 4.78 is 24.9. The second kappa shape index (κ2) is 5.29. The highest BCUT2D eigenvalue weighted by molar-refractivity contribution is 7.95. The van der Waals surface area contributed by atoms with Crippen molar-refractivity contribution < 1.29 is 8.42 Å². The van der Waals surface area contributed by atoms with Crippen LogP contribution in [0.5, 0.6) is 0 Å². The van der Waals surface area contributed by atoms with Gasteiger partial charge in [0.15, 0.2) is 0 Å². The van der Waals surface area contributed by atoms with Gasteiger partial charge in [-0.1, -0.05) is 0 Å². The monoisotopic (exact) mass is 352 g/mol. The van der Waals surface area contributed by atoms with E-state index in [2.05, 4.69) is 15.3 Å². The van der Waals surface area contributed by atoms with Crippen LogP contribution < -0.4 is 11.1 Å². The average Bonchev–Trinajstić information content (AvgIpc) is 2.79. The van der Waals surface area contributed by atoms with Gasteiger partial charge in [-0.05, 0) is 49.2 Å². The molecule has 1 aliphatic heterocycles. The molecule has 0 amide bonds. The number of pyridine rings is 2. The summed E-state index contributed by atoms with van der Waals surface area (Å²) in [4.78, 5) is 9.10. The van der Waals surface area contributed by atoms with Gasteiger partial charge in [0.05, 0.1) is 10.4 Å². The summed E-state index contributed by atoms with van der Waals surface area (Å²) in [6.07, 6.45) is 5.06. The van der Waals surface area contributed by atoms with E-state index in [1.807, 2.05) is 13.0 Å². The first-order valence-corrected chi connectivity index (χ1v) is 9.20. The van der Waals surface area contributed by atoms with Gasteiger partial charge in [0.25, 0.3) is 0 Å². The van der Waals surface area contributed by atoms with Gasteiger partial charge in [-0.15, -0.1) is 0 Å². The molecule has 0 spiro atoms. The summed E-state index contributed by atoms with van der Waals surface area (Å²) in [5.41, 5.74) is 9.69. The maximum Gasteiger partial charge on any atom is 0.203 e. The molecule has 3 N–H and O–H groups in total. The summed E-state index contributed by atoms with van der Waals surface area (Å²) in [5, 5.41) is 4.05. The molecular weight excluding hydrogens is 336 g/mol. The molecule has 0 bridgehead atoms. The van der Waals surface area contributed by atoms with Crippen LogP contribution in [0, 0.1) is 6.92 Å². The fraction of sp³-hybridized carbons (Fsp3) is 0.111. The number of hydrogen-bond acceptors (Lipinski definition) is 6. The van der Waals surface area contributed by atoms with Gasteiger partial charge in [0, 0.05) is 40.1 Å².